The van der Waals surface area contributed by atoms with Crippen LogP contribution in [0.5, 0.6) is 0 Å². The first-order valence-electron chi connectivity index (χ1n) is 5.23. The van der Waals surface area contributed by atoms with Crippen LogP contribution < -0.4 is 5.32 Å². The van der Waals surface area contributed by atoms with E-state index >= 15 is 0 Å². The number of rotatable bonds is 2. The van der Waals surface area contributed by atoms with Gasteiger partial charge in [0.1, 0.15) is 0 Å². The second-order valence-electron chi connectivity index (χ2n) is 3.68. The minimum atomic E-state index is 0.226. The molecular weight excluding hydrogens is 190 g/mol. The van der Waals surface area contributed by atoms with Crippen molar-refractivity contribution in [3.8, 4) is 0 Å². The molecule has 1 aromatic rings. The van der Waals surface area contributed by atoms with E-state index < -0.39 is 0 Å². The van der Waals surface area contributed by atoms with Crippen molar-refractivity contribution in [2.45, 2.75) is 13.0 Å². The van der Waals surface area contributed by atoms with Gasteiger partial charge in [-0.05, 0) is 11.6 Å². The van der Waals surface area contributed by atoms with Crippen molar-refractivity contribution >= 4 is 5.91 Å². The van der Waals surface area contributed by atoms with Crippen molar-refractivity contribution in [3.05, 3.63) is 30.1 Å². The summed E-state index contributed by atoms with van der Waals surface area (Å²) in [6.45, 7) is 3.14. The third-order valence-electron chi connectivity index (χ3n) is 2.52. The van der Waals surface area contributed by atoms with E-state index in [1.54, 1.807) is 6.20 Å². The zero-order valence-electron chi connectivity index (χ0n) is 8.65. The number of pyridine rings is 1. The largest absolute Gasteiger partial charge is 0.337 e. The summed E-state index contributed by atoms with van der Waals surface area (Å²) in [7, 11) is 0. The highest BCUT2D eigenvalue weighted by molar-refractivity contribution is 5.76. The Balaban J connectivity index is 2.01. The lowest BCUT2D eigenvalue weighted by molar-refractivity contribution is -0.130. The smallest absolute Gasteiger partial charge is 0.224 e. The van der Waals surface area contributed by atoms with Crippen LogP contribution >= 0.6 is 0 Å². The average Bonchev–Trinajstić information content (AvgIpc) is 2.46. The van der Waals surface area contributed by atoms with Crippen LogP contribution in [0, 0.1) is 0 Å². The molecule has 1 N–H and O–H groups in total. The van der Waals surface area contributed by atoms with Crippen LogP contribution in [0.2, 0.25) is 0 Å². The monoisotopic (exact) mass is 205 g/mol. The van der Waals surface area contributed by atoms with Gasteiger partial charge in [-0.3, -0.25) is 9.78 Å². The Morgan fingerprint density at radius 2 is 2.40 bits per heavy atom. The highest BCUT2D eigenvalue weighted by Gasteiger charge is 2.15. The Labute approximate surface area is 89.3 Å². The van der Waals surface area contributed by atoms with Crippen molar-refractivity contribution < 1.29 is 4.79 Å². The van der Waals surface area contributed by atoms with Crippen molar-refractivity contribution in [1.29, 1.82) is 0 Å². The molecule has 1 amide bonds. The van der Waals surface area contributed by atoms with Crippen LogP contribution in [0.15, 0.2) is 24.5 Å². The first kappa shape index (κ1) is 10.1. The van der Waals surface area contributed by atoms with Gasteiger partial charge < -0.3 is 10.2 Å². The van der Waals surface area contributed by atoms with Gasteiger partial charge in [0.2, 0.25) is 5.91 Å². The van der Waals surface area contributed by atoms with Gasteiger partial charge in [0.05, 0.1) is 0 Å². The van der Waals surface area contributed by atoms with Crippen molar-refractivity contribution in [2.24, 2.45) is 0 Å². The summed E-state index contributed by atoms with van der Waals surface area (Å²) in [5.41, 5.74) is 1.09. The van der Waals surface area contributed by atoms with Crippen LogP contribution in [-0.4, -0.2) is 35.4 Å². The number of aromatic nitrogens is 1. The van der Waals surface area contributed by atoms with Crippen LogP contribution in [-0.2, 0) is 11.3 Å². The van der Waals surface area contributed by atoms with E-state index in [1.165, 1.54) is 0 Å². The molecule has 4 nitrogen and oxygen atoms in total. The maximum atomic E-state index is 11.7. The summed E-state index contributed by atoms with van der Waals surface area (Å²) in [6, 6.07) is 3.90. The molecule has 1 fully saturated rings. The third kappa shape index (κ3) is 2.76. The van der Waals surface area contributed by atoms with Gasteiger partial charge >= 0.3 is 0 Å². The first-order valence-corrected chi connectivity index (χ1v) is 5.23. The summed E-state index contributed by atoms with van der Waals surface area (Å²) in [6.07, 6.45) is 4.15. The molecule has 80 valence electrons. The van der Waals surface area contributed by atoms with Crippen LogP contribution in [0.25, 0.3) is 0 Å². The van der Waals surface area contributed by atoms with E-state index in [0.717, 1.165) is 25.2 Å². The van der Waals surface area contributed by atoms with Gasteiger partial charge in [-0.15, -0.1) is 0 Å². The zero-order valence-corrected chi connectivity index (χ0v) is 8.65. The number of carbonyl (C=O) groups excluding carboxylic acids is 1. The number of hydrogen-bond acceptors (Lipinski definition) is 3. The van der Waals surface area contributed by atoms with Gasteiger partial charge in [0.15, 0.2) is 0 Å². The Kier molecular flexibility index (Phi) is 3.29. The predicted molar refractivity (Wildman–Crippen MR) is 57.1 cm³/mol. The zero-order chi connectivity index (χ0) is 10.5. The molecule has 1 aromatic heterocycles. The van der Waals surface area contributed by atoms with Crippen molar-refractivity contribution in [2.75, 3.05) is 19.6 Å². The van der Waals surface area contributed by atoms with Crippen molar-refractivity contribution in [3.63, 3.8) is 0 Å². The topological polar surface area (TPSA) is 45.2 Å². The second kappa shape index (κ2) is 4.89. The maximum absolute atomic E-state index is 11.7. The predicted octanol–water partition coefficient (Wildman–Crippen LogP) is 0.403. The SMILES string of the molecule is O=C1CCNCCN1Cc1cccnc1. The second-order valence-corrected chi connectivity index (χ2v) is 3.68. The molecular formula is C11H15N3O. The highest BCUT2D eigenvalue weighted by Crippen LogP contribution is 2.05. The quantitative estimate of drug-likeness (QED) is 0.760. The molecule has 0 saturated carbocycles. The van der Waals surface area contributed by atoms with Crippen LogP contribution in [0.4, 0.5) is 0 Å². The summed E-state index contributed by atoms with van der Waals surface area (Å²) in [4.78, 5) is 17.6. The van der Waals surface area contributed by atoms with Gasteiger partial charge in [-0.1, -0.05) is 6.07 Å². The summed E-state index contributed by atoms with van der Waals surface area (Å²) < 4.78 is 0. The molecule has 1 aliphatic rings. The molecule has 0 radical (unpaired) electrons. The molecule has 15 heavy (non-hydrogen) atoms. The number of hydrogen-bond donors (Lipinski definition) is 1. The van der Waals surface area contributed by atoms with E-state index in [4.69, 9.17) is 0 Å². The first-order chi connectivity index (χ1) is 7.36. The van der Waals surface area contributed by atoms with Crippen LogP contribution in [0.1, 0.15) is 12.0 Å². The number of nitrogens with one attached hydrogen (secondary N) is 1. The number of carbonyl (C=O) groups is 1. The standard InChI is InChI=1S/C11H15N3O/c15-11-3-5-12-6-7-14(11)9-10-2-1-4-13-8-10/h1-2,4,8,12H,3,5-7,9H2. The van der Waals surface area contributed by atoms with Crippen molar-refractivity contribution in [1.82, 2.24) is 15.2 Å². The molecule has 2 heterocycles. The van der Waals surface area contributed by atoms with Gasteiger partial charge in [-0.25, -0.2) is 0 Å². The molecule has 1 aliphatic heterocycles. The molecule has 0 unspecified atom stereocenters. The maximum Gasteiger partial charge on any atom is 0.224 e. The number of amides is 1. The lowest BCUT2D eigenvalue weighted by atomic mass is 10.2. The van der Waals surface area contributed by atoms with E-state index in [9.17, 15) is 4.79 Å². The van der Waals surface area contributed by atoms with Gasteiger partial charge in [-0.2, -0.15) is 0 Å². The molecule has 0 aromatic carbocycles. The number of nitrogens with zero attached hydrogens (tertiary/aromatic N) is 2. The third-order valence-corrected chi connectivity index (χ3v) is 2.52. The van der Waals surface area contributed by atoms with E-state index in [1.807, 2.05) is 23.2 Å². The van der Waals surface area contributed by atoms with Gasteiger partial charge in [0.25, 0.3) is 0 Å². The van der Waals surface area contributed by atoms with Crippen LogP contribution in [0.3, 0.4) is 0 Å². The van der Waals surface area contributed by atoms with E-state index in [-0.39, 0.29) is 5.91 Å². The molecule has 2 rings (SSSR count). The Morgan fingerprint density at radius 1 is 1.47 bits per heavy atom. The average molecular weight is 205 g/mol. The van der Waals surface area contributed by atoms with E-state index in [0.29, 0.717) is 13.0 Å². The highest BCUT2D eigenvalue weighted by atomic mass is 16.2. The Bertz CT molecular complexity index is 326. The van der Waals surface area contributed by atoms with E-state index in [2.05, 4.69) is 10.3 Å². The lowest BCUT2D eigenvalue weighted by Gasteiger charge is -2.19. The lowest BCUT2D eigenvalue weighted by Crippen LogP contribution is -2.31. The molecule has 0 bridgehead atoms. The molecule has 0 atom stereocenters. The summed E-state index contributed by atoms with van der Waals surface area (Å²) in [5, 5.41) is 3.22. The summed E-state index contributed by atoms with van der Waals surface area (Å²) in [5.74, 6) is 0.226. The molecule has 0 aliphatic carbocycles. The normalized spacial score (nSPS) is 17.6. The minimum Gasteiger partial charge on any atom is -0.337 e. The van der Waals surface area contributed by atoms with Gasteiger partial charge in [0, 0.05) is 45.0 Å². The molecule has 4 heteroatoms. The fourth-order valence-corrected chi connectivity index (χ4v) is 1.70. The molecule has 1 saturated heterocycles. The Morgan fingerprint density at radius 3 is 3.20 bits per heavy atom. The molecule has 0 spiro atoms. The fourth-order valence-electron chi connectivity index (χ4n) is 1.70. The minimum absolute atomic E-state index is 0.226. The Hall–Kier alpha value is -1.42. The fraction of sp³-hybridized carbons (Fsp3) is 0.455. The summed E-state index contributed by atoms with van der Waals surface area (Å²) >= 11 is 0.